The van der Waals surface area contributed by atoms with Crippen LogP contribution >= 0.6 is 0 Å². The van der Waals surface area contributed by atoms with E-state index in [0.717, 1.165) is 82.6 Å². The Labute approximate surface area is 360 Å². The number of nitrogens with zero attached hydrogens (tertiary/aromatic N) is 8. The summed E-state index contributed by atoms with van der Waals surface area (Å²) in [5.41, 5.74) is 18.8. The predicted octanol–water partition coefficient (Wildman–Crippen LogP) is 6.36. The summed E-state index contributed by atoms with van der Waals surface area (Å²) in [5, 5.41) is 16.8. The van der Waals surface area contributed by atoms with Gasteiger partial charge in [0, 0.05) is 48.6 Å². The van der Waals surface area contributed by atoms with E-state index < -0.39 is 11.8 Å². The number of carbonyl (C=O) groups excluding carboxylic acids is 3. The lowest BCUT2D eigenvalue weighted by Crippen LogP contribution is -2.20. The van der Waals surface area contributed by atoms with Crippen molar-refractivity contribution in [2.45, 2.75) is 80.4 Å². The van der Waals surface area contributed by atoms with Gasteiger partial charge in [0.25, 0.3) is 5.91 Å². The SMILES string of the molecule is CC.CCn1nc(C)cc1-c1ccc2c3cc(C(N)=O)cc(OC)c3n(C)c2n1.CCn1nc(C)cc1C(=O)Nc1nc2cc(C(N)=O)cc(OCCCNC)c2n1CC1CC1. The molecule has 0 unspecified atom stereocenters. The fourth-order valence-electron chi connectivity index (χ4n) is 7.49. The van der Waals surface area contributed by atoms with E-state index in [1.165, 1.54) is 0 Å². The number of hydrogen-bond donors (Lipinski definition) is 4. The molecule has 1 aliphatic rings. The maximum absolute atomic E-state index is 13.1. The number of anilines is 1. The van der Waals surface area contributed by atoms with E-state index in [4.69, 9.17) is 25.9 Å². The summed E-state index contributed by atoms with van der Waals surface area (Å²) in [6.07, 6.45) is 3.07. The number of amides is 3. The molecule has 7 aromatic rings. The molecule has 2 aromatic carbocycles. The second kappa shape index (κ2) is 19.3. The largest absolute Gasteiger partial charge is 0.495 e. The number of hydrogen-bond acceptors (Lipinski definition) is 10. The van der Waals surface area contributed by atoms with Crippen molar-refractivity contribution in [3.8, 4) is 22.9 Å². The Bertz CT molecular complexity index is 2750. The van der Waals surface area contributed by atoms with Crippen LogP contribution in [0.1, 0.15) is 89.5 Å². The van der Waals surface area contributed by atoms with Crippen molar-refractivity contribution in [3.05, 3.63) is 76.7 Å². The molecule has 0 radical (unpaired) electrons. The number of ether oxygens (including phenoxy) is 2. The van der Waals surface area contributed by atoms with Crippen LogP contribution in [0.2, 0.25) is 0 Å². The lowest BCUT2D eigenvalue weighted by Gasteiger charge is -2.13. The summed E-state index contributed by atoms with van der Waals surface area (Å²) < 4.78 is 19.2. The van der Waals surface area contributed by atoms with Gasteiger partial charge >= 0.3 is 0 Å². The Hall–Kier alpha value is -6.75. The van der Waals surface area contributed by atoms with Crippen LogP contribution < -0.4 is 31.6 Å². The van der Waals surface area contributed by atoms with E-state index >= 15 is 0 Å². The molecule has 1 fully saturated rings. The third-order valence-corrected chi connectivity index (χ3v) is 10.6. The number of nitrogens with two attached hydrogens (primary N) is 2. The van der Waals surface area contributed by atoms with Crippen LogP contribution in [0, 0.1) is 19.8 Å². The van der Waals surface area contributed by atoms with Crippen LogP contribution in [0.5, 0.6) is 11.5 Å². The number of pyridine rings is 1. The van der Waals surface area contributed by atoms with E-state index in [0.29, 0.717) is 65.4 Å². The summed E-state index contributed by atoms with van der Waals surface area (Å²) in [5.74, 6) is 0.759. The zero-order valence-electron chi connectivity index (χ0n) is 37.1. The smallest absolute Gasteiger partial charge is 0.276 e. The first-order valence-electron chi connectivity index (χ1n) is 21.1. The number of imidazole rings is 1. The molecule has 1 aliphatic carbocycles. The van der Waals surface area contributed by atoms with Gasteiger partial charge in [-0.2, -0.15) is 10.2 Å². The standard InChI is InChI=1S/C23H31N7O3.C20H21N5O2.C2H6/c1-4-30-18(10-14(2)28-30)22(32)27-23-26-17-11-16(21(24)31)12-19(33-9-5-8-25-3)20(17)29(23)13-15-6-7-15;1-5-25-16(8-11(2)23-25)15-7-6-13-14-9-12(19(21)26)10-17(27-4)18(14)24(3)20(13)22-15;1-2/h10-12,15,25H,4-9,13H2,1-3H3,(H2,24,31)(H,26,27,32);6-10H,5H2,1-4H3,(H2,21,26);1-2H3. The zero-order valence-corrected chi connectivity index (χ0v) is 37.1. The lowest BCUT2D eigenvalue weighted by atomic mass is 10.1. The maximum atomic E-state index is 13.1. The Morgan fingerprint density at radius 1 is 0.839 bits per heavy atom. The number of benzene rings is 2. The van der Waals surface area contributed by atoms with Gasteiger partial charge in [-0.15, -0.1) is 0 Å². The molecule has 5 heterocycles. The third kappa shape index (κ3) is 9.27. The molecule has 6 N–H and O–H groups in total. The van der Waals surface area contributed by atoms with Crippen LogP contribution in [-0.2, 0) is 26.7 Å². The molecule has 17 nitrogen and oxygen atoms in total. The second-order valence-corrected chi connectivity index (χ2v) is 15.0. The minimum Gasteiger partial charge on any atom is -0.495 e. The topological polar surface area (TPSA) is 217 Å². The summed E-state index contributed by atoms with van der Waals surface area (Å²) in [6.45, 7) is 15.2. The maximum Gasteiger partial charge on any atom is 0.276 e. The highest BCUT2D eigenvalue weighted by Crippen LogP contribution is 2.38. The molecule has 0 bridgehead atoms. The van der Waals surface area contributed by atoms with Crippen molar-refractivity contribution >= 4 is 56.6 Å². The number of primary amides is 2. The molecular weight excluding hydrogens is 789 g/mol. The van der Waals surface area contributed by atoms with E-state index in [9.17, 15) is 14.4 Å². The summed E-state index contributed by atoms with van der Waals surface area (Å²) in [6, 6.07) is 14.6. The molecule has 3 amide bonds. The Balaban J connectivity index is 0.000000202. The number of aromatic nitrogens is 8. The van der Waals surface area contributed by atoms with Crippen LogP contribution in [0.4, 0.5) is 5.95 Å². The molecule has 5 aromatic heterocycles. The highest BCUT2D eigenvalue weighted by Gasteiger charge is 2.28. The highest BCUT2D eigenvalue weighted by molar-refractivity contribution is 6.12. The molecule has 17 heteroatoms. The van der Waals surface area contributed by atoms with Crippen molar-refractivity contribution in [2.24, 2.45) is 24.4 Å². The molecular formula is C45H58N12O5. The Kier molecular flexibility index (Phi) is 14.0. The van der Waals surface area contributed by atoms with E-state index in [-0.39, 0.29) is 5.91 Å². The number of fused-ring (bicyclic) bond motifs is 4. The van der Waals surface area contributed by atoms with Crippen molar-refractivity contribution in [2.75, 3.05) is 32.6 Å². The van der Waals surface area contributed by atoms with Crippen LogP contribution in [0.25, 0.3) is 44.4 Å². The normalized spacial score (nSPS) is 12.2. The zero-order chi connectivity index (χ0) is 44.8. The molecule has 0 spiro atoms. The van der Waals surface area contributed by atoms with Crippen molar-refractivity contribution in [3.63, 3.8) is 0 Å². The Morgan fingerprint density at radius 2 is 1.50 bits per heavy atom. The van der Waals surface area contributed by atoms with Crippen LogP contribution in [0.3, 0.4) is 0 Å². The van der Waals surface area contributed by atoms with Gasteiger partial charge in [0.1, 0.15) is 28.4 Å². The number of carbonyl (C=O) groups is 3. The number of aryl methyl sites for hydroxylation is 5. The lowest BCUT2D eigenvalue weighted by molar-refractivity contribution is 0.0991. The fraction of sp³-hybridized carbons (Fsp3) is 0.400. The number of methoxy groups -OCH3 is 1. The molecule has 0 atom stereocenters. The minimum atomic E-state index is -0.554. The van der Waals surface area contributed by atoms with Gasteiger partial charge in [-0.05, 0) is 115 Å². The van der Waals surface area contributed by atoms with Crippen molar-refractivity contribution in [1.29, 1.82) is 0 Å². The first-order valence-corrected chi connectivity index (χ1v) is 21.1. The van der Waals surface area contributed by atoms with Gasteiger partial charge in [-0.1, -0.05) is 13.8 Å². The molecule has 0 saturated heterocycles. The van der Waals surface area contributed by atoms with Gasteiger partial charge in [0.2, 0.25) is 17.8 Å². The average molecular weight is 847 g/mol. The molecule has 8 rings (SSSR count). The predicted molar refractivity (Wildman–Crippen MR) is 242 cm³/mol. The number of rotatable bonds is 15. The number of nitrogens with one attached hydrogen (secondary N) is 2. The first kappa shape index (κ1) is 44.8. The fourth-order valence-corrected chi connectivity index (χ4v) is 7.49. The highest BCUT2D eigenvalue weighted by atomic mass is 16.5. The van der Waals surface area contributed by atoms with Gasteiger partial charge in [-0.25, -0.2) is 9.97 Å². The Morgan fingerprint density at radius 3 is 2.15 bits per heavy atom. The van der Waals surface area contributed by atoms with E-state index in [1.54, 1.807) is 42.1 Å². The van der Waals surface area contributed by atoms with Gasteiger partial charge in [0.15, 0.2) is 0 Å². The van der Waals surface area contributed by atoms with Crippen molar-refractivity contribution < 1.29 is 23.9 Å². The average Bonchev–Trinajstić information content (AvgIpc) is 3.58. The quantitative estimate of drug-likeness (QED) is 0.0837. The molecule has 0 aliphatic heterocycles. The van der Waals surface area contributed by atoms with Crippen LogP contribution in [0.15, 0.2) is 48.5 Å². The van der Waals surface area contributed by atoms with Crippen LogP contribution in [-0.4, -0.2) is 83.7 Å². The minimum absolute atomic E-state index is 0.281. The molecule has 328 valence electrons. The second-order valence-electron chi connectivity index (χ2n) is 15.0. The van der Waals surface area contributed by atoms with Gasteiger partial charge < -0.3 is 35.4 Å². The molecule has 62 heavy (non-hydrogen) atoms. The summed E-state index contributed by atoms with van der Waals surface area (Å²) in [7, 11) is 5.41. The van der Waals surface area contributed by atoms with Gasteiger partial charge in [0.05, 0.1) is 47.5 Å². The first-order chi connectivity index (χ1) is 29.8. The summed E-state index contributed by atoms with van der Waals surface area (Å²) in [4.78, 5) is 46.3. The van der Waals surface area contributed by atoms with E-state index in [2.05, 4.69) is 32.7 Å². The summed E-state index contributed by atoms with van der Waals surface area (Å²) >= 11 is 0. The van der Waals surface area contributed by atoms with Crippen molar-refractivity contribution in [1.82, 2.24) is 44.0 Å². The molecule has 1 saturated carbocycles. The van der Waals surface area contributed by atoms with E-state index in [1.807, 2.05) is 80.7 Å². The van der Waals surface area contributed by atoms with Gasteiger partial charge in [-0.3, -0.25) is 29.1 Å². The third-order valence-electron chi connectivity index (χ3n) is 10.6. The monoisotopic (exact) mass is 846 g/mol.